The van der Waals surface area contributed by atoms with Crippen LogP contribution in [0.2, 0.25) is 0 Å². The van der Waals surface area contributed by atoms with Crippen LogP contribution < -0.4 is 0 Å². The van der Waals surface area contributed by atoms with Crippen molar-refractivity contribution in [3.63, 3.8) is 0 Å². The Balaban J connectivity index is 2.46. The van der Waals surface area contributed by atoms with E-state index in [0.29, 0.717) is 18.8 Å². The summed E-state index contributed by atoms with van der Waals surface area (Å²) in [4.78, 5) is 11.6. The summed E-state index contributed by atoms with van der Waals surface area (Å²) in [5.74, 6) is -0.250. The van der Waals surface area contributed by atoms with Crippen molar-refractivity contribution in [2.75, 3.05) is 6.61 Å². The molecule has 0 N–H and O–H groups in total. The lowest BCUT2D eigenvalue weighted by molar-refractivity contribution is 0.0498. The van der Waals surface area contributed by atoms with Crippen LogP contribution in [0.15, 0.2) is 24.3 Å². The fourth-order valence-electron chi connectivity index (χ4n) is 1.39. The molecule has 0 aliphatic heterocycles. The summed E-state index contributed by atoms with van der Waals surface area (Å²) in [6.07, 6.45) is 2.15. The maximum absolute atomic E-state index is 11.6. The number of ether oxygens (including phenoxy) is 2. The standard InChI is InChI=1S/C15H22O3/c1-4-5-10-17-15(16)14-8-6-13(7-9-14)11-18-12(2)3/h6-9,12H,4-5,10-11H2,1-3H3. The lowest BCUT2D eigenvalue weighted by Gasteiger charge is -2.08. The van der Waals surface area contributed by atoms with Crippen LogP contribution in [0.25, 0.3) is 0 Å². The van der Waals surface area contributed by atoms with Gasteiger partial charge in [-0.15, -0.1) is 0 Å². The Labute approximate surface area is 109 Å². The van der Waals surface area contributed by atoms with Gasteiger partial charge in [0.1, 0.15) is 0 Å². The number of carbonyl (C=O) groups excluding carboxylic acids is 1. The SMILES string of the molecule is CCCCOC(=O)c1ccc(COC(C)C)cc1. The molecular weight excluding hydrogens is 228 g/mol. The number of hydrogen-bond acceptors (Lipinski definition) is 3. The van der Waals surface area contributed by atoms with Gasteiger partial charge in [-0.1, -0.05) is 25.5 Å². The summed E-state index contributed by atoms with van der Waals surface area (Å²) in [6.45, 7) is 7.13. The maximum atomic E-state index is 11.6. The summed E-state index contributed by atoms with van der Waals surface area (Å²) < 4.78 is 10.6. The molecule has 0 bridgehead atoms. The number of esters is 1. The Bertz CT molecular complexity index is 355. The molecule has 0 saturated heterocycles. The second-order valence-corrected chi connectivity index (χ2v) is 4.55. The van der Waals surface area contributed by atoms with E-state index < -0.39 is 0 Å². The van der Waals surface area contributed by atoms with E-state index in [9.17, 15) is 4.79 Å². The van der Waals surface area contributed by atoms with Gasteiger partial charge in [0, 0.05) is 0 Å². The van der Waals surface area contributed by atoms with Crippen molar-refractivity contribution in [2.45, 2.75) is 46.3 Å². The molecule has 1 rings (SSSR count). The first-order chi connectivity index (χ1) is 8.63. The van der Waals surface area contributed by atoms with Crippen LogP contribution in [0.3, 0.4) is 0 Å². The van der Waals surface area contributed by atoms with Crippen LogP contribution in [0.5, 0.6) is 0 Å². The van der Waals surface area contributed by atoms with E-state index in [1.807, 2.05) is 26.0 Å². The van der Waals surface area contributed by atoms with Crippen LogP contribution in [0.1, 0.15) is 49.5 Å². The number of hydrogen-bond donors (Lipinski definition) is 0. The molecule has 3 heteroatoms. The summed E-state index contributed by atoms with van der Waals surface area (Å²) in [5.41, 5.74) is 1.66. The second kappa shape index (κ2) is 7.88. The van der Waals surface area contributed by atoms with E-state index in [2.05, 4.69) is 6.92 Å². The number of carbonyl (C=O) groups is 1. The molecular formula is C15H22O3. The predicted octanol–water partition coefficient (Wildman–Crippen LogP) is 3.57. The summed E-state index contributed by atoms with van der Waals surface area (Å²) >= 11 is 0. The lowest BCUT2D eigenvalue weighted by atomic mass is 10.1. The molecule has 1 aromatic rings. The van der Waals surface area contributed by atoms with Crippen molar-refractivity contribution in [2.24, 2.45) is 0 Å². The topological polar surface area (TPSA) is 35.5 Å². The zero-order chi connectivity index (χ0) is 13.4. The predicted molar refractivity (Wildman–Crippen MR) is 71.6 cm³/mol. The summed E-state index contributed by atoms with van der Waals surface area (Å²) in [5, 5.41) is 0. The molecule has 1 aromatic carbocycles. The molecule has 0 spiro atoms. The first-order valence-electron chi connectivity index (χ1n) is 6.51. The van der Waals surface area contributed by atoms with Crippen molar-refractivity contribution in [1.82, 2.24) is 0 Å². The van der Waals surface area contributed by atoms with E-state index in [-0.39, 0.29) is 12.1 Å². The van der Waals surface area contributed by atoms with E-state index in [1.165, 1.54) is 0 Å². The molecule has 100 valence electrons. The van der Waals surface area contributed by atoms with Gasteiger partial charge in [-0.3, -0.25) is 0 Å². The molecule has 0 atom stereocenters. The molecule has 18 heavy (non-hydrogen) atoms. The van der Waals surface area contributed by atoms with Crippen LogP contribution in [-0.4, -0.2) is 18.7 Å². The molecule has 0 fully saturated rings. The van der Waals surface area contributed by atoms with Crippen molar-refractivity contribution in [1.29, 1.82) is 0 Å². The third-order valence-electron chi connectivity index (χ3n) is 2.50. The van der Waals surface area contributed by atoms with Crippen LogP contribution in [0, 0.1) is 0 Å². The minimum absolute atomic E-state index is 0.212. The largest absolute Gasteiger partial charge is 0.462 e. The average Bonchev–Trinajstić information content (AvgIpc) is 2.37. The van der Waals surface area contributed by atoms with Gasteiger partial charge in [0.15, 0.2) is 0 Å². The van der Waals surface area contributed by atoms with Gasteiger partial charge in [0.2, 0.25) is 0 Å². The van der Waals surface area contributed by atoms with Gasteiger partial charge < -0.3 is 9.47 Å². The number of unbranched alkanes of at least 4 members (excludes halogenated alkanes) is 1. The van der Waals surface area contributed by atoms with E-state index >= 15 is 0 Å². The summed E-state index contributed by atoms with van der Waals surface area (Å²) in [7, 11) is 0. The van der Waals surface area contributed by atoms with E-state index in [1.54, 1.807) is 12.1 Å². The Morgan fingerprint density at radius 1 is 1.22 bits per heavy atom. The van der Waals surface area contributed by atoms with Crippen molar-refractivity contribution < 1.29 is 14.3 Å². The third-order valence-corrected chi connectivity index (χ3v) is 2.50. The molecule has 0 aromatic heterocycles. The molecule has 0 saturated carbocycles. The van der Waals surface area contributed by atoms with Crippen molar-refractivity contribution in [3.05, 3.63) is 35.4 Å². The first-order valence-corrected chi connectivity index (χ1v) is 6.51. The maximum Gasteiger partial charge on any atom is 0.338 e. The summed E-state index contributed by atoms with van der Waals surface area (Å²) in [6, 6.07) is 7.37. The fraction of sp³-hybridized carbons (Fsp3) is 0.533. The highest BCUT2D eigenvalue weighted by molar-refractivity contribution is 5.89. The molecule has 0 unspecified atom stereocenters. The highest BCUT2D eigenvalue weighted by Crippen LogP contribution is 2.08. The smallest absolute Gasteiger partial charge is 0.338 e. The van der Waals surface area contributed by atoms with Crippen LogP contribution >= 0.6 is 0 Å². The number of rotatable bonds is 7. The van der Waals surface area contributed by atoms with Gasteiger partial charge >= 0.3 is 5.97 Å². The van der Waals surface area contributed by atoms with Crippen molar-refractivity contribution >= 4 is 5.97 Å². The Morgan fingerprint density at radius 3 is 2.44 bits per heavy atom. The van der Waals surface area contributed by atoms with Gasteiger partial charge in [-0.05, 0) is 38.0 Å². The first kappa shape index (κ1) is 14.7. The van der Waals surface area contributed by atoms with Gasteiger partial charge in [0.25, 0.3) is 0 Å². The van der Waals surface area contributed by atoms with Gasteiger partial charge in [-0.25, -0.2) is 4.79 Å². The fourth-order valence-corrected chi connectivity index (χ4v) is 1.39. The quantitative estimate of drug-likeness (QED) is 0.548. The highest BCUT2D eigenvalue weighted by Gasteiger charge is 2.06. The van der Waals surface area contributed by atoms with Gasteiger partial charge in [0.05, 0.1) is 24.9 Å². The van der Waals surface area contributed by atoms with E-state index in [4.69, 9.17) is 9.47 Å². The molecule has 3 nitrogen and oxygen atoms in total. The highest BCUT2D eigenvalue weighted by atomic mass is 16.5. The Hall–Kier alpha value is -1.35. The minimum atomic E-state index is -0.250. The zero-order valence-electron chi connectivity index (χ0n) is 11.4. The number of benzene rings is 1. The molecule has 0 radical (unpaired) electrons. The minimum Gasteiger partial charge on any atom is -0.462 e. The monoisotopic (exact) mass is 250 g/mol. The average molecular weight is 250 g/mol. The second-order valence-electron chi connectivity index (χ2n) is 4.55. The Kier molecular flexibility index (Phi) is 6.44. The van der Waals surface area contributed by atoms with Crippen LogP contribution in [-0.2, 0) is 16.1 Å². The molecule has 0 heterocycles. The van der Waals surface area contributed by atoms with Crippen molar-refractivity contribution in [3.8, 4) is 0 Å². The Morgan fingerprint density at radius 2 is 1.89 bits per heavy atom. The molecule has 0 aliphatic carbocycles. The third kappa shape index (κ3) is 5.32. The molecule has 0 amide bonds. The molecule has 0 aliphatic rings. The lowest BCUT2D eigenvalue weighted by Crippen LogP contribution is -2.07. The zero-order valence-corrected chi connectivity index (χ0v) is 11.4. The van der Waals surface area contributed by atoms with E-state index in [0.717, 1.165) is 18.4 Å². The van der Waals surface area contributed by atoms with Gasteiger partial charge in [-0.2, -0.15) is 0 Å². The van der Waals surface area contributed by atoms with Crippen LogP contribution in [0.4, 0.5) is 0 Å². The normalized spacial score (nSPS) is 10.7.